The van der Waals surface area contributed by atoms with Gasteiger partial charge in [0, 0.05) is 0 Å². The van der Waals surface area contributed by atoms with Crippen molar-refractivity contribution < 1.29 is 0 Å². The van der Waals surface area contributed by atoms with Gasteiger partial charge < -0.3 is 5.32 Å². The second-order valence-electron chi connectivity index (χ2n) is 3.64. The van der Waals surface area contributed by atoms with Crippen LogP contribution in [0.5, 0.6) is 0 Å². The number of alkyl halides is 1. The molecule has 2 heteroatoms. The number of hydrogen-bond acceptors (Lipinski definition) is 1. The van der Waals surface area contributed by atoms with Crippen LogP contribution in [-0.4, -0.2) is 17.5 Å². The Labute approximate surface area is 90.8 Å². The van der Waals surface area contributed by atoms with E-state index in [1.807, 2.05) is 0 Å². The maximum atomic E-state index is 3.47. The minimum absolute atomic E-state index is 0.825. The Hall–Kier alpha value is 0.690. The average Bonchev–Trinajstić information content (AvgIpc) is 2.05. The van der Waals surface area contributed by atoms with E-state index in [2.05, 4.69) is 48.7 Å². The molecular weight excluding hydrogens is 261 g/mol. The Bertz CT molecular complexity index is 95.8. The quantitative estimate of drug-likeness (QED) is 0.430. The van der Waals surface area contributed by atoms with Gasteiger partial charge in [-0.25, -0.2) is 0 Å². The molecule has 1 N–H and O–H groups in total. The van der Waals surface area contributed by atoms with Crippen molar-refractivity contribution in [2.75, 3.05) is 17.5 Å². The molecular formula is C10H22IN. The van der Waals surface area contributed by atoms with Crippen LogP contribution in [0.1, 0.15) is 33.6 Å². The fraction of sp³-hybridized carbons (Fsp3) is 1.00. The first-order chi connectivity index (χ1) is 5.72. The van der Waals surface area contributed by atoms with E-state index >= 15 is 0 Å². The second-order valence-corrected chi connectivity index (χ2v) is 4.72. The zero-order valence-electron chi connectivity index (χ0n) is 8.57. The molecule has 0 aromatic carbocycles. The standard InChI is InChI=1S/C10H22IN/c1-4-7-12-8-10(3)9(2)5-6-11/h9-10,12H,4-8H2,1-3H3/t9-,10?/m0/s1. The lowest BCUT2D eigenvalue weighted by Crippen LogP contribution is -2.25. The third-order valence-electron chi connectivity index (χ3n) is 2.43. The first-order valence-electron chi connectivity index (χ1n) is 4.99. The molecule has 0 heterocycles. The average molecular weight is 283 g/mol. The molecule has 1 unspecified atom stereocenters. The molecule has 74 valence electrons. The number of rotatable bonds is 7. The van der Waals surface area contributed by atoms with Gasteiger partial charge in [0.2, 0.25) is 0 Å². The fourth-order valence-corrected chi connectivity index (χ4v) is 2.15. The first kappa shape index (κ1) is 12.7. The molecule has 0 spiro atoms. The van der Waals surface area contributed by atoms with Gasteiger partial charge in [-0.2, -0.15) is 0 Å². The van der Waals surface area contributed by atoms with E-state index in [0.717, 1.165) is 11.8 Å². The lowest BCUT2D eigenvalue weighted by Gasteiger charge is -2.19. The zero-order valence-corrected chi connectivity index (χ0v) is 10.7. The van der Waals surface area contributed by atoms with E-state index in [4.69, 9.17) is 0 Å². The van der Waals surface area contributed by atoms with E-state index < -0.39 is 0 Å². The molecule has 0 saturated carbocycles. The minimum Gasteiger partial charge on any atom is -0.316 e. The van der Waals surface area contributed by atoms with Crippen LogP contribution in [0.15, 0.2) is 0 Å². The normalized spacial score (nSPS) is 16.0. The van der Waals surface area contributed by atoms with Crippen molar-refractivity contribution in [1.82, 2.24) is 5.32 Å². The van der Waals surface area contributed by atoms with E-state index in [1.54, 1.807) is 0 Å². The van der Waals surface area contributed by atoms with Crippen LogP contribution in [0, 0.1) is 11.8 Å². The predicted octanol–water partition coefficient (Wildman–Crippen LogP) is 3.08. The maximum absolute atomic E-state index is 3.47. The van der Waals surface area contributed by atoms with Crippen LogP contribution in [0.3, 0.4) is 0 Å². The van der Waals surface area contributed by atoms with Crippen LogP contribution >= 0.6 is 22.6 Å². The summed E-state index contributed by atoms with van der Waals surface area (Å²) in [6, 6.07) is 0. The number of nitrogens with one attached hydrogen (secondary N) is 1. The van der Waals surface area contributed by atoms with Crippen molar-refractivity contribution in [1.29, 1.82) is 0 Å². The summed E-state index contributed by atoms with van der Waals surface area (Å²) >= 11 is 2.46. The van der Waals surface area contributed by atoms with Crippen LogP contribution in [0.25, 0.3) is 0 Å². The van der Waals surface area contributed by atoms with Crippen molar-refractivity contribution in [3.05, 3.63) is 0 Å². The SMILES string of the molecule is CCCNCC(C)[C@@H](C)CCI. The second kappa shape index (κ2) is 8.30. The van der Waals surface area contributed by atoms with Gasteiger partial charge in [-0.3, -0.25) is 0 Å². The zero-order chi connectivity index (χ0) is 9.40. The molecule has 0 rings (SSSR count). The van der Waals surface area contributed by atoms with Gasteiger partial charge in [0.15, 0.2) is 0 Å². The van der Waals surface area contributed by atoms with Crippen molar-refractivity contribution in [2.45, 2.75) is 33.6 Å². The minimum atomic E-state index is 0.825. The van der Waals surface area contributed by atoms with Gasteiger partial charge in [-0.05, 0) is 42.2 Å². The van der Waals surface area contributed by atoms with Gasteiger partial charge in [0.1, 0.15) is 0 Å². The van der Waals surface area contributed by atoms with Gasteiger partial charge >= 0.3 is 0 Å². The van der Waals surface area contributed by atoms with E-state index in [1.165, 1.54) is 30.4 Å². The van der Waals surface area contributed by atoms with Crippen molar-refractivity contribution in [3.8, 4) is 0 Å². The molecule has 0 saturated heterocycles. The van der Waals surface area contributed by atoms with Gasteiger partial charge in [-0.15, -0.1) is 0 Å². The summed E-state index contributed by atoms with van der Waals surface area (Å²) in [5.74, 6) is 1.69. The third kappa shape index (κ3) is 6.23. The summed E-state index contributed by atoms with van der Waals surface area (Å²) < 4.78 is 1.29. The Morgan fingerprint density at radius 3 is 2.42 bits per heavy atom. The third-order valence-corrected chi connectivity index (χ3v) is 3.05. The van der Waals surface area contributed by atoms with Crippen molar-refractivity contribution in [2.24, 2.45) is 11.8 Å². The Kier molecular flexibility index (Phi) is 8.77. The molecule has 0 aliphatic carbocycles. The van der Waals surface area contributed by atoms with Crippen LogP contribution < -0.4 is 5.32 Å². The van der Waals surface area contributed by atoms with Crippen molar-refractivity contribution in [3.63, 3.8) is 0 Å². The van der Waals surface area contributed by atoms with Gasteiger partial charge in [-0.1, -0.05) is 43.4 Å². The lowest BCUT2D eigenvalue weighted by atomic mass is 9.94. The summed E-state index contributed by atoms with van der Waals surface area (Å²) in [7, 11) is 0. The lowest BCUT2D eigenvalue weighted by molar-refractivity contribution is 0.362. The molecule has 0 bridgehead atoms. The maximum Gasteiger partial charge on any atom is -0.000208 e. The van der Waals surface area contributed by atoms with E-state index in [-0.39, 0.29) is 0 Å². The molecule has 0 radical (unpaired) electrons. The fourth-order valence-electron chi connectivity index (χ4n) is 1.16. The van der Waals surface area contributed by atoms with E-state index in [9.17, 15) is 0 Å². The highest BCUT2D eigenvalue weighted by Crippen LogP contribution is 2.15. The highest BCUT2D eigenvalue weighted by Gasteiger charge is 2.10. The Morgan fingerprint density at radius 2 is 1.92 bits per heavy atom. The van der Waals surface area contributed by atoms with Crippen LogP contribution in [0.2, 0.25) is 0 Å². The highest BCUT2D eigenvalue weighted by atomic mass is 127. The molecule has 2 atom stereocenters. The summed E-state index contributed by atoms with van der Waals surface area (Å²) in [5.41, 5.74) is 0. The summed E-state index contributed by atoms with van der Waals surface area (Å²) in [6.45, 7) is 9.27. The topological polar surface area (TPSA) is 12.0 Å². The van der Waals surface area contributed by atoms with Gasteiger partial charge in [0.25, 0.3) is 0 Å². The molecule has 0 amide bonds. The smallest absolute Gasteiger partial charge is 0.000208 e. The summed E-state index contributed by atoms with van der Waals surface area (Å²) in [4.78, 5) is 0. The molecule has 0 aliphatic heterocycles. The highest BCUT2D eigenvalue weighted by molar-refractivity contribution is 14.1. The summed E-state index contributed by atoms with van der Waals surface area (Å²) in [6.07, 6.45) is 2.60. The number of hydrogen-bond donors (Lipinski definition) is 1. The van der Waals surface area contributed by atoms with Crippen molar-refractivity contribution >= 4 is 22.6 Å². The first-order valence-corrected chi connectivity index (χ1v) is 6.51. The number of halogens is 1. The van der Waals surface area contributed by atoms with Crippen LogP contribution in [-0.2, 0) is 0 Å². The monoisotopic (exact) mass is 283 g/mol. The van der Waals surface area contributed by atoms with E-state index in [0.29, 0.717) is 0 Å². The molecule has 0 aromatic rings. The molecule has 0 fully saturated rings. The Morgan fingerprint density at radius 1 is 1.25 bits per heavy atom. The molecule has 12 heavy (non-hydrogen) atoms. The molecule has 0 aliphatic rings. The predicted molar refractivity (Wildman–Crippen MR) is 65.0 cm³/mol. The van der Waals surface area contributed by atoms with Gasteiger partial charge in [0.05, 0.1) is 0 Å². The largest absolute Gasteiger partial charge is 0.316 e. The molecule has 0 aromatic heterocycles. The molecule has 1 nitrogen and oxygen atoms in total. The summed E-state index contributed by atoms with van der Waals surface area (Å²) in [5, 5.41) is 3.47. The Balaban J connectivity index is 3.35. The van der Waals surface area contributed by atoms with Crippen LogP contribution in [0.4, 0.5) is 0 Å².